The fourth-order valence-electron chi connectivity index (χ4n) is 3.20. The van der Waals surface area contributed by atoms with Crippen LogP contribution in [0.25, 0.3) is 0 Å². The molecule has 0 aliphatic heterocycles. The van der Waals surface area contributed by atoms with Gasteiger partial charge in [0.1, 0.15) is 11.6 Å². The molecule has 0 spiro atoms. The van der Waals surface area contributed by atoms with Gasteiger partial charge in [-0.2, -0.15) is 0 Å². The van der Waals surface area contributed by atoms with E-state index in [2.05, 4.69) is 10.0 Å². The second kappa shape index (κ2) is 9.51. The van der Waals surface area contributed by atoms with Gasteiger partial charge in [-0.1, -0.05) is 36.4 Å². The first kappa shape index (κ1) is 22.6. The van der Waals surface area contributed by atoms with Crippen molar-refractivity contribution in [2.75, 3.05) is 4.72 Å². The SMILES string of the molecule is O=C(NC(c1ccc(F)cc1)c1cccs1)c1cccc(S(=O)(=O)Nc2ccccc2F)c1. The van der Waals surface area contributed by atoms with Gasteiger partial charge in [-0.25, -0.2) is 17.2 Å². The summed E-state index contributed by atoms with van der Waals surface area (Å²) in [4.78, 5) is 13.7. The molecule has 1 amide bonds. The van der Waals surface area contributed by atoms with E-state index < -0.39 is 33.6 Å². The molecule has 0 saturated carbocycles. The molecule has 4 aromatic rings. The fraction of sp³-hybridized carbons (Fsp3) is 0.0417. The third-order valence-electron chi connectivity index (χ3n) is 4.83. The summed E-state index contributed by atoms with van der Waals surface area (Å²) in [5.41, 5.74) is 0.591. The van der Waals surface area contributed by atoms with Crippen molar-refractivity contribution in [1.82, 2.24) is 5.32 Å². The molecule has 0 saturated heterocycles. The Morgan fingerprint density at radius 3 is 2.33 bits per heavy atom. The van der Waals surface area contributed by atoms with Crippen LogP contribution in [0.4, 0.5) is 14.5 Å². The number of nitrogens with one attached hydrogen (secondary N) is 2. The number of amides is 1. The number of hydrogen-bond acceptors (Lipinski definition) is 4. The maximum atomic E-state index is 13.9. The van der Waals surface area contributed by atoms with E-state index in [0.29, 0.717) is 5.56 Å². The van der Waals surface area contributed by atoms with E-state index >= 15 is 0 Å². The van der Waals surface area contributed by atoms with E-state index in [1.54, 1.807) is 12.1 Å². The lowest BCUT2D eigenvalue weighted by atomic mass is 10.0. The Hall–Kier alpha value is -3.56. The van der Waals surface area contributed by atoms with Crippen LogP contribution in [-0.2, 0) is 10.0 Å². The molecule has 9 heteroatoms. The molecule has 5 nitrogen and oxygen atoms in total. The summed E-state index contributed by atoms with van der Waals surface area (Å²) in [6.45, 7) is 0. The molecule has 1 unspecified atom stereocenters. The summed E-state index contributed by atoms with van der Waals surface area (Å²) in [5.74, 6) is -1.62. The van der Waals surface area contributed by atoms with Gasteiger partial charge >= 0.3 is 0 Å². The molecule has 0 fully saturated rings. The highest BCUT2D eigenvalue weighted by Crippen LogP contribution is 2.27. The molecule has 3 aromatic carbocycles. The minimum atomic E-state index is -4.13. The Morgan fingerprint density at radius 2 is 1.64 bits per heavy atom. The zero-order chi connectivity index (χ0) is 23.4. The Balaban J connectivity index is 1.60. The Morgan fingerprint density at radius 1 is 0.879 bits per heavy atom. The number of benzene rings is 3. The first-order valence-corrected chi connectivity index (χ1v) is 12.2. The maximum Gasteiger partial charge on any atom is 0.262 e. The van der Waals surface area contributed by atoms with E-state index in [1.807, 2.05) is 17.5 Å². The summed E-state index contributed by atoms with van der Waals surface area (Å²) in [6.07, 6.45) is 0. The summed E-state index contributed by atoms with van der Waals surface area (Å²) in [6, 6.07) is 19.8. The second-order valence-corrected chi connectivity index (χ2v) is 9.75. The zero-order valence-electron chi connectivity index (χ0n) is 17.0. The average Bonchev–Trinajstić information content (AvgIpc) is 3.34. The van der Waals surface area contributed by atoms with Crippen LogP contribution in [0.3, 0.4) is 0 Å². The van der Waals surface area contributed by atoms with E-state index in [1.165, 1.54) is 65.9 Å². The van der Waals surface area contributed by atoms with Crippen molar-refractivity contribution in [3.05, 3.63) is 118 Å². The van der Waals surface area contributed by atoms with E-state index in [4.69, 9.17) is 0 Å². The van der Waals surface area contributed by atoms with Crippen LogP contribution in [0, 0.1) is 11.6 Å². The highest BCUT2D eigenvalue weighted by molar-refractivity contribution is 7.92. The average molecular weight is 485 g/mol. The van der Waals surface area contributed by atoms with E-state index in [-0.39, 0.29) is 16.1 Å². The minimum Gasteiger partial charge on any atom is -0.340 e. The van der Waals surface area contributed by atoms with Crippen LogP contribution < -0.4 is 10.0 Å². The lowest BCUT2D eigenvalue weighted by molar-refractivity contribution is 0.0943. The third kappa shape index (κ3) is 5.27. The van der Waals surface area contributed by atoms with Crippen molar-refractivity contribution in [2.45, 2.75) is 10.9 Å². The van der Waals surface area contributed by atoms with Crippen LogP contribution in [0.2, 0.25) is 0 Å². The van der Waals surface area contributed by atoms with Crippen molar-refractivity contribution < 1.29 is 22.0 Å². The largest absolute Gasteiger partial charge is 0.340 e. The van der Waals surface area contributed by atoms with E-state index in [9.17, 15) is 22.0 Å². The first-order chi connectivity index (χ1) is 15.8. The van der Waals surface area contributed by atoms with Crippen molar-refractivity contribution in [3.63, 3.8) is 0 Å². The summed E-state index contributed by atoms with van der Waals surface area (Å²) >= 11 is 1.43. The van der Waals surface area contributed by atoms with Crippen LogP contribution in [0.5, 0.6) is 0 Å². The summed E-state index contributed by atoms with van der Waals surface area (Å²) < 4.78 is 55.0. The molecule has 1 heterocycles. The molecule has 4 rings (SSSR count). The standard InChI is InChI=1S/C24H18F2N2O3S2/c25-18-12-10-16(11-13-18)23(22-9-4-14-32-22)27-24(29)17-5-3-6-19(15-17)33(30,31)28-21-8-2-1-7-20(21)26/h1-15,23,28H,(H,27,29). The van der Waals surface area contributed by atoms with Gasteiger partial charge in [0, 0.05) is 10.4 Å². The first-order valence-electron chi connectivity index (χ1n) is 9.80. The van der Waals surface area contributed by atoms with Gasteiger partial charge in [-0.05, 0) is 59.5 Å². The second-order valence-electron chi connectivity index (χ2n) is 7.09. The molecular formula is C24H18F2N2O3S2. The van der Waals surface area contributed by atoms with Gasteiger partial charge in [0.2, 0.25) is 0 Å². The number of carbonyl (C=O) groups is 1. The van der Waals surface area contributed by atoms with Gasteiger partial charge in [0.25, 0.3) is 15.9 Å². The maximum absolute atomic E-state index is 13.9. The number of hydrogen-bond donors (Lipinski definition) is 2. The number of carbonyl (C=O) groups excluding carboxylic acids is 1. The molecule has 0 bridgehead atoms. The number of rotatable bonds is 7. The summed E-state index contributed by atoms with van der Waals surface area (Å²) in [5, 5.41) is 4.74. The molecule has 1 atom stereocenters. The Kier molecular flexibility index (Phi) is 6.52. The zero-order valence-corrected chi connectivity index (χ0v) is 18.7. The van der Waals surface area contributed by atoms with Gasteiger partial charge in [-0.3, -0.25) is 9.52 Å². The number of anilines is 1. The van der Waals surface area contributed by atoms with Crippen LogP contribution in [0.15, 0.2) is 95.2 Å². The topological polar surface area (TPSA) is 75.3 Å². The number of para-hydroxylation sites is 1. The highest BCUT2D eigenvalue weighted by Gasteiger charge is 2.21. The summed E-state index contributed by atoms with van der Waals surface area (Å²) in [7, 11) is -4.13. The normalized spacial score (nSPS) is 12.2. The predicted molar refractivity (Wildman–Crippen MR) is 124 cm³/mol. The highest BCUT2D eigenvalue weighted by atomic mass is 32.2. The van der Waals surface area contributed by atoms with Crippen molar-refractivity contribution in [3.8, 4) is 0 Å². The fourth-order valence-corrected chi connectivity index (χ4v) is 5.11. The molecule has 1 aromatic heterocycles. The van der Waals surface area contributed by atoms with E-state index in [0.717, 1.165) is 10.9 Å². The lowest BCUT2D eigenvalue weighted by Gasteiger charge is -2.18. The monoisotopic (exact) mass is 484 g/mol. The van der Waals surface area contributed by atoms with Crippen molar-refractivity contribution in [1.29, 1.82) is 0 Å². The van der Waals surface area contributed by atoms with Gasteiger partial charge < -0.3 is 5.32 Å². The molecule has 0 aliphatic carbocycles. The smallest absolute Gasteiger partial charge is 0.262 e. The van der Waals surface area contributed by atoms with Crippen molar-refractivity contribution >= 4 is 33.0 Å². The van der Waals surface area contributed by atoms with Crippen LogP contribution >= 0.6 is 11.3 Å². The molecule has 168 valence electrons. The molecule has 33 heavy (non-hydrogen) atoms. The van der Waals surface area contributed by atoms with Crippen LogP contribution in [0.1, 0.15) is 26.8 Å². The van der Waals surface area contributed by atoms with Gasteiger partial charge in [0.05, 0.1) is 16.6 Å². The molecule has 0 radical (unpaired) electrons. The molecule has 2 N–H and O–H groups in total. The number of halogens is 2. The number of thiophene rings is 1. The lowest BCUT2D eigenvalue weighted by Crippen LogP contribution is -2.29. The third-order valence-corrected chi connectivity index (χ3v) is 7.13. The minimum absolute atomic E-state index is 0.107. The number of sulfonamides is 1. The van der Waals surface area contributed by atoms with Crippen molar-refractivity contribution in [2.24, 2.45) is 0 Å². The van der Waals surface area contributed by atoms with Gasteiger partial charge in [-0.15, -0.1) is 11.3 Å². The molecular weight excluding hydrogens is 466 g/mol. The van der Waals surface area contributed by atoms with Gasteiger partial charge in [0.15, 0.2) is 0 Å². The Labute approximate surface area is 193 Å². The Bertz CT molecular complexity index is 1370. The molecule has 0 aliphatic rings. The predicted octanol–water partition coefficient (Wildman–Crippen LogP) is 5.35. The van der Waals surface area contributed by atoms with Crippen LogP contribution in [-0.4, -0.2) is 14.3 Å². The quantitative estimate of drug-likeness (QED) is 0.372.